The summed E-state index contributed by atoms with van der Waals surface area (Å²) in [6, 6.07) is 4.72. The number of methoxy groups -OCH3 is 1. The predicted molar refractivity (Wildman–Crippen MR) is 72.4 cm³/mol. The van der Waals surface area contributed by atoms with E-state index in [0.29, 0.717) is 24.5 Å². The Kier molecular flexibility index (Phi) is 4.24. The van der Waals surface area contributed by atoms with Gasteiger partial charge in [-0.15, -0.1) is 0 Å². The van der Waals surface area contributed by atoms with Crippen molar-refractivity contribution in [1.29, 1.82) is 0 Å². The number of hydrogen-bond acceptors (Lipinski definition) is 4. The number of hydrogen-bond donors (Lipinski definition) is 1. The van der Waals surface area contributed by atoms with E-state index in [1.54, 1.807) is 23.0 Å². The molecule has 1 aromatic heterocycles. The highest BCUT2D eigenvalue weighted by molar-refractivity contribution is 5.91. The molecule has 0 aliphatic rings. The highest BCUT2D eigenvalue weighted by Crippen LogP contribution is 2.24. The maximum Gasteiger partial charge on any atom is 0.339 e. The average Bonchev–Trinajstić information content (AvgIpc) is 2.84. The number of aromatic nitrogens is 2. The lowest BCUT2D eigenvalue weighted by Gasteiger charge is -2.10. The molecule has 1 heterocycles. The molecule has 2 rings (SSSR count). The zero-order valence-corrected chi connectivity index (χ0v) is 11.4. The van der Waals surface area contributed by atoms with Gasteiger partial charge in [0.15, 0.2) is 0 Å². The highest BCUT2D eigenvalue weighted by atomic mass is 16.5. The number of nitrogens with zero attached hydrogens (tertiary/aromatic N) is 2. The van der Waals surface area contributed by atoms with Gasteiger partial charge in [-0.2, -0.15) is 5.10 Å². The van der Waals surface area contributed by atoms with Gasteiger partial charge in [-0.1, -0.05) is 0 Å². The molecule has 1 aromatic carbocycles. The first-order valence-electron chi connectivity index (χ1n) is 6.12. The molecule has 0 radical (unpaired) electrons. The van der Waals surface area contributed by atoms with E-state index in [1.165, 1.54) is 13.2 Å². The molecule has 0 bridgehead atoms. The summed E-state index contributed by atoms with van der Waals surface area (Å²) in [4.78, 5) is 11.2. The van der Waals surface area contributed by atoms with Crippen molar-refractivity contribution in [3.8, 4) is 11.5 Å². The van der Waals surface area contributed by atoms with Gasteiger partial charge in [0.1, 0.15) is 17.1 Å². The number of aryl methyl sites for hydroxylation is 1. The number of ether oxygens (including phenoxy) is 2. The van der Waals surface area contributed by atoms with Gasteiger partial charge in [0.25, 0.3) is 0 Å². The summed E-state index contributed by atoms with van der Waals surface area (Å²) in [5.41, 5.74) is 1.13. The minimum atomic E-state index is -1.04. The summed E-state index contributed by atoms with van der Waals surface area (Å²) in [5.74, 6) is -0.218. The number of aromatic carboxylic acids is 1. The molecular weight excluding hydrogens is 260 g/mol. The van der Waals surface area contributed by atoms with E-state index >= 15 is 0 Å². The normalized spacial score (nSPS) is 10.3. The van der Waals surface area contributed by atoms with E-state index in [4.69, 9.17) is 14.6 Å². The topological polar surface area (TPSA) is 73.6 Å². The Labute approximate surface area is 116 Å². The summed E-state index contributed by atoms with van der Waals surface area (Å²) >= 11 is 0. The Morgan fingerprint density at radius 3 is 2.85 bits per heavy atom. The largest absolute Gasteiger partial charge is 0.497 e. The van der Waals surface area contributed by atoms with Crippen molar-refractivity contribution in [2.75, 3.05) is 13.7 Å². The van der Waals surface area contributed by atoms with Crippen LogP contribution in [0.2, 0.25) is 0 Å². The van der Waals surface area contributed by atoms with Crippen LogP contribution in [0.25, 0.3) is 0 Å². The third-order valence-corrected chi connectivity index (χ3v) is 2.82. The first-order valence-corrected chi connectivity index (χ1v) is 6.12. The molecule has 0 unspecified atom stereocenters. The maximum absolute atomic E-state index is 11.2. The fourth-order valence-corrected chi connectivity index (χ4v) is 1.81. The fourth-order valence-electron chi connectivity index (χ4n) is 1.81. The van der Waals surface area contributed by atoms with Gasteiger partial charge in [-0.05, 0) is 23.8 Å². The van der Waals surface area contributed by atoms with Crippen LogP contribution in [-0.2, 0) is 13.5 Å². The molecule has 6 nitrogen and oxygen atoms in total. The Hall–Kier alpha value is -2.50. The van der Waals surface area contributed by atoms with Crippen molar-refractivity contribution in [2.45, 2.75) is 6.42 Å². The number of carboxylic acids is 1. The molecule has 0 atom stereocenters. The quantitative estimate of drug-likeness (QED) is 0.870. The molecule has 0 aliphatic heterocycles. The zero-order valence-electron chi connectivity index (χ0n) is 11.4. The van der Waals surface area contributed by atoms with E-state index in [0.717, 1.165) is 5.56 Å². The van der Waals surface area contributed by atoms with Crippen molar-refractivity contribution < 1.29 is 19.4 Å². The summed E-state index contributed by atoms with van der Waals surface area (Å²) in [5, 5.41) is 13.2. The second kappa shape index (κ2) is 6.10. The lowest BCUT2D eigenvalue weighted by molar-refractivity contribution is 0.0692. The van der Waals surface area contributed by atoms with Crippen LogP contribution < -0.4 is 9.47 Å². The van der Waals surface area contributed by atoms with Crippen LogP contribution in [0.15, 0.2) is 30.6 Å². The van der Waals surface area contributed by atoms with E-state index < -0.39 is 5.97 Å². The Bertz CT molecular complexity index is 607. The van der Waals surface area contributed by atoms with Crippen LogP contribution in [0, 0.1) is 0 Å². The second-order valence-corrected chi connectivity index (χ2v) is 4.29. The van der Waals surface area contributed by atoms with Crippen LogP contribution >= 0.6 is 0 Å². The summed E-state index contributed by atoms with van der Waals surface area (Å²) in [6.07, 6.45) is 4.32. The zero-order chi connectivity index (χ0) is 14.5. The monoisotopic (exact) mass is 276 g/mol. The van der Waals surface area contributed by atoms with Crippen molar-refractivity contribution in [3.05, 3.63) is 41.7 Å². The van der Waals surface area contributed by atoms with Crippen LogP contribution in [0.5, 0.6) is 11.5 Å². The van der Waals surface area contributed by atoms with Crippen molar-refractivity contribution >= 4 is 5.97 Å². The highest BCUT2D eigenvalue weighted by Gasteiger charge is 2.12. The van der Waals surface area contributed by atoms with Gasteiger partial charge in [-0.25, -0.2) is 4.79 Å². The first-order chi connectivity index (χ1) is 9.60. The Morgan fingerprint density at radius 1 is 1.45 bits per heavy atom. The van der Waals surface area contributed by atoms with Crippen molar-refractivity contribution in [1.82, 2.24) is 9.78 Å². The molecule has 1 N–H and O–H groups in total. The van der Waals surface area contributed by atoms with Crippen LogP contribution in [0.3, 0.4) is 0 Å². The van der Waals surface area contributed by atoms with Crippen LogP contribution in [0.4, 0.5) is 0 Å². The number of carboxylic acid groups (broad SMARTS) is 1. The molecule has 20 heavy (non-hydrogen) atoms. The number of carbonyl (C=O) groups is 1. The molecule has 0 saturated carbocycles. The van der Waals surface area contributed by atoms with Crippen molar-refractivity contribution in [2.24, 2.45) is 7.05 Å². The Morgan fingerprint density at radius 2 is 2.25 bits per heavy atom. The summed E-state index contributed by atoms with van der Waals surface area (Å²) < 4.78 is 12.3. The van der Waals surface area contributed by atoms with Gasteiger partial charge in [-0.3, -0.25) is 4.68 Å². The minimum Gasteiger partial charge on any atom is -0.497 e. The fraction of sp³-hybridized carbons (Fsp3) is 0.286. The van der Waals surface area contributed by atoms with E-state index in [1.807, 2.05) is 13.2 Å². The van der Waals surface area contributed by atoms with Gasteiger partial charge in [0.05, 0.1) is 19.9 Å². The van der Waals surface area contributed by atoms with Crippen LogP contribution in [0.1, 0.15) is 15.9 Å². The smallest absolute Gasteiger partial charge is 0.339 e. The summed E-state index contributed by atoms with van der Waals surface area (Å²) in [6.45, 7) is 0.387. The first kappa shape index (κ1) is 13.9. The Balaban J connectivity index is 2.03. The second-order valence-electron chi connectivity index (χ2n) is 4.29. The van der Waals surface area contributed by atoms with E-state index in [-0.39, 0.29) is 5.56 Å². The molecule has 0 spiro atoms. The van der Waals surface area contributed by atoms with Gasteiger partial charge in [0, 0.05) is 19.7 Å². The molecule has 0 saturated heterocycles. The van der Waals surface area contributed by atoms with E-state index in [9.17, 15) is 4.79 Å². The minimum absolute atomic E-state index is 0.0931. The number of rotatable bonds is 6. The molecule has 2 aromatic rings. The molecular formula is C14H16N2O4. The average molecular weight is 276 g/mol. The van der Waals surface area contributed by atoms with Gasteiger partial charge >= 0.3 is 5.97 Å². The number of benzene rings is 1. The molecule has 106 valence electrons. The molecule has 0 amide bonds. The third-order valence-electron chi connectivity index (χ3n) is 2.82. The molecule has 6 heteroatoms. The molecule has 0 fully saturated rings. The lowest BCUT2D eigenvalue weighted by Crippen LogP contribution is -2.06. The molecule has 0 aliphatic carbocycles. The van der Waals surface area contributed by atoms with E-state index in [2.05, 4.69) is 5.10 Å². The van der Waals surface area contributed by atoms with Gasteiger partial charge < -0.3 is 14.6 Å². The third kappa shape index (κ3) is 3.28. The van der Waals surface area contributed by atoms with Crippen LogP contribution in [-0.4, -0.2) is 34.6 Å². The standard InChI is InChI=1S/C14H16N2O4/c1-16-9-10(8-15-16)5-6-20-13-4-3-11(19-2)7-12(13)14(17)18/h3-4,7-9H,5-6H2,1-2H3,(H,17,18). The SMILES string of the molecule is COc1ccc(OCCc2cnn(C)c2)c(C(=O)O)c1. The summed E-state index contributed by atoms with van der Waals surface area (Å²) in [7, 11) is 3.33. The van der Waals surface area contributed by atoms with Crippen molar-refractivity contribution in [3.63, 3.8) is 0 Å². The maximum atomic E-state index is 11.2. The lowest BCUT2D eigenvalue weighted by atomic mass is 10.2. The predicted octanol–water partition coefficient (Wildman–Crippen LogP) is 1.75. The van der Waals surface area contributed by atoms with Gasteiger partial charge in [0.2, 0.25) is 0 Å².